The second kappa shape index (κ2) is 4.82. The summed E-state index contributed by atoms with van der Waals surface area (Å²) >= 11 is 5.89. The molecule has 1 rings (SSSR count). The van der Waals surface area contributed by atoms with E-state index in [1.54, 1.807) is 6.92 Å². The zero-order chi connectivity index (χ0) is 9.84. The van der Waals surface area contributed by atoms with Crippen molar-refractivity contribution in [2.75, 3.05) is 32.7 Å². The third-order valence-corrected chi connectivity index (χ3v) is 2.47. The van der Waals surface area contributed by atoms with Crippen molar-refractivity contribution in [3.8, 4) is 0 Å². The van der Waals surface area contributed by atoms with E-state index in [0.717, 1.165) is 32.7 Å². The van der Waals surface area contributed by atoms with E-state index >= 15 is 0 Å². The summed E-state index contributed by atoms with van der Waals surface area (Å²) in [4.78, 5) is 15.2. The Morgan fingerprint density at radius 1 is 1.38 bits per heavy atom. The molecule has 4 heteroatoms. The van der Waals surface area contributed by atoms with E-state index in [1.807, 2.05) is 11.8 Å². The quantitative estimate of drug-likeness (QED) is 0.621. The molecule has 13 heavy (non-hydrogen) atoms. The van der Waals surface area contributed by atoms with Gasteiger partial charge in [0.1, 0.15) is 0 Å². The number of carbonyl (C=O) groups is 1. The molecule has 0 aromatic carbocycles. The molecule has 76 valence electrons. The fraction of sp³-hybridized carbons (Fsp3) is 0.889. The number of nitrogens with zero attached hydrogens (tertiary/aromatic N) is 2. The summed E-state index contributed by atoms with van der Waals surface area (Å²) in [6.45, 7) is 8.15. The van der Waals surface area contributed by atoms with Gasteiger partial charge < -0.3 is 4.90 Å². The van der Waals surface area contributed by atoms with Crippen molar-refractivity contribution < 1.29 is 4.79 Å². The van der Waals surface area contributed by atoms with E-state index in [2.05, 4.69) is 4.90 Å². The van der Waals surface area contributed by atoms with Crippen molar-refractivity contribution in [1.82, 2.24) is 9.80 Å². The fourth-order valence-electron chi connectivity index (χ4n) is 1.60. The van der Waals surface area contributed by atoms with Crippen molar-refractivity contribution in [2.24, 2.45) is 0 Å². The van der Waals surface area contributed by atoms with Crippen LogP contribution in [0.4, 0.5) is 0 Å². The van der Waals surface area contributed by atoms with Gasteiger partial charge >= 0.3 is 0 Å². The smallest absolute Gasteiger partial charge is 0.219 e. The van der Waals surface area contributed by atoms with Crippen LogP contribution in [0.5, 0.6) is 0 Å². The number of amides is 1. The lowest BCUT2D eigenvalue weighted by atomic mass is 10.3. The van der Waals surface area contributed by atoms with Crippen LogP contribution < -0.4 is 0 Å². The zero-order valence-corrected chi connectivity index (χ0v) is 9.05. The summed E-state index contributed by atoms with van der Waals surface area (Å²) in [6, 6.07) is 0. The van der Waals surface area contributed by atoms with Crippen LogP contribution in [0.3, 0.4) is 0 Å². The Kier molecular flexibility index (Phi) is 4.00. The van der Waals surface area contributed by atoms with Crippen LogP contribution in [-0.4, -0.2) is 53.8 Å². The largest absolute Gasteiger partial charge is 0.340 e. The van der Waals surface area contributed by atoms with Gasteiger partial charge in [0.2, 0.25) is 5.91 Å². The van der Waals surface area contributed by atoms with Crippen LogP contribution in [0.2, 0.25) is 0 Å². The lowest BCUT2D eigenvalue weighted by Gasteiger charge is -2.34. The molecule has 3 nitrogen and oxygen atoms in total. The Balaban J connectivity index is 2.26. The van der Waals surface area contributed by atoms with Gasteiger partial charge in [-0.1, -0.05) is 0 Å². The van der Waals surface area contributed by atoms with Gasteiger partial charge in [0.25, 0.3) is 0 Å². The molecule has 0 radical (unpaired) electrons. The summed E-state index contributed by atoms with van der Waals surface area (Å²) < 4.78 is 0. The second-order valence-electron chi connectivity index (χ2n) is 3.59. The topological polar surface area (TPSA) is 23.6 Å². The number of carbonyl (C=O) groups excluding carboxylic acids is 1. The highest BCUT2D eigenvalue weighted by molar-refractivity contribution is 6.20. The third kappa shape index (κ3) is 3.53. The summed E-state index contributed by atoms with van der Waals surface area (Å²) in [6.07, 6.45) is 0. The molecule has 0 N–H and O–H groups in total. The number of rotatable bonds is 2. The Bertz CT molecular complexity index is 176. The van der Waals surface area contributed by atoms with E-state index in [1.165, 1.54) is 0 Å². The van der Waals surface area contributed by atoms with Crippen LogP contribution in [-0.2, 0) is 4.79 Å². The number of hydrogen-bond donors (Lipinski definition) is 0. The monoisotopic (exact) mass is 204 g/mol. The molecule has 1 amide bonds. The van der Waals surface area contributed by atoms with E-state index in [-0.39, 0.29) is 11.3 Å². The average molecular weight is 205 g/mol. The molecule has 0 aliphatic carbocycles. The van der Waals surface area contributed by atoms with Gasteiger partial charge in [-0.3, -0.25) is 9.69 Å². The maximum absolute atomic E-state index is 11.0. The SMILES string of the molecule is CC(=O)N1CCN(CC(C)Cl)CC1. The number of hydrogen-bond acceptors (Lipinski definition) is 2. The van der Waals surface area contributed by atoms with E-state index in [4.69, 9.17) is 11.6 Å². The van der Waals surface area contributed by atoms with Crippen molar-refractivity contribution in [1.29, 1.82) is 0 Å². The lowest BCUT2D eigenvalue weighted by molar-refractivity contribution is -0.130. The molecule has 0 spiro atoms. The van der Waals surface area contributed by atoms with Crippen LogP contribution in [0.25, 0.3) is 0 Å². The fourth-order valence-corrected chi connectivity index (χ4v) is 1.80. The minimum absolute atomic E-state index is 0.179. The van der Waals surface area contributed by atoms with E-state index in [0.29, 0.717) is 0 Å². The number of halogens is 1. The first-order chi connectivity index (χ1) is 6.09. The van der Waals surface area contributed by atoms with Gasteiger partial charge in [0.15, 0.2) is 0 Å². The highest BCUT2D eigenvalue weighted by Crippen LogP contribution is 2.05. The number of piperazine rings is 1. The van der Waals surface area contributed by atoms with Gasteiger partial charge in [-0.25, -0.2) is 0 Å². The summed E-state index contributed by atoms with van der Waals surface area (Å²) in [5, 5.41) is 0.198. The highest BCUT2D eigenvalue weighted by Gasteiger charge is 2.18. The molecule has 1 aliphatic rings. The second-order valence-corrected chi connectivity index (χ2v) is 4.33. The molecule has 1 aliphatic heterocycles. The molecule has 1 unspecified atom stereocenters. The first-order valence-corrected chi connectivity index (χ1v) is 5.15. The lowest BCUT2D eigenvalue weighted by Crippen LogP contribution is -2.49. The van der Waals surface area contributed by atoms with Crippen LogP contribution in [0.15, 0.2) is 0 Å². The molecule has 0 aromatic rings. The molecule has 0 bridgehead atoms. The normalized spacial score (nSPS) is 21.6. The van der Waals surface area contributed by atoms with Gasteiger partial charge in [-0.15, -0.1) is 11.6 Å². The van der Waals surface area contributed by atoms with Crippen molar-refractivity contribution in [3.05, 3.63) is 0 Å². The van der Waals surface area contributed by atoms with E-state index in [9.17, 15) is 4.79 Å². The maximum Gasteiger partial charge on any atom is 0.219 e. The molecule has 1 fully saturated rings. The molecular weight excluding hydrogens is 188 g/mol. The molecule has 1 saturated heterocycles. The molecule has 0 saturated carbocycles. The Hall–Kier alpha value is -0.280. The molecule has 1 atom stereocenters. The van der Waals surface area contributed by atoms with Crippen molar-refractivity contribution in [2.45, 2.75) is 19.2 Å². The Labute approximate surface area is 84.6 Å². The third-order valence-electron chi connectivity index (χ3n) is 2.33. The minimum Gasteiger partial charge on any atom is -0.340 e. The Morgan fingerprint density at radius 2 is 1.92 bits per heavy atom. The Morgan fingerprint density at radius 3 is 2.31 bits per heavy atom. The first kappa shape index (κ1) is 10.8. The highest BCUT2D eigenvalue weighted by atomic mass is 35.5. The average Bonchev–Trinajstić information content (AvgIpc) is 2.04. The summed E-state index contributed by atoms with van der Waals surface area (Å²) in [5.41, 5.74) is 0. The molecule has 1 heterocycles. The predicted octanol–water partition coefficient (Wildman–Crippen LogP) is 0.778. The minimum atomic E-state index is 0.179. The zero-order valence-electron chi connectivity index (χ0n) is 8.29. The van der Waals surface area contributed by atoms with Crippen molar-refractivity contribution >= 4 is 17.5 Å². The molecule has 0 aromatic heterocycles. The van der Waals surface area contributed by atoms with Crippen LogP contribution in [0.1, 0.15) is 13.8 Å². The van der Waals surface area contributed by atoms with Gasteiger partial charge in [0.05, 0.1) is 0 Å². The summed E-state index contributed by atoms with van der Waals surface area (Å²) in [7, 11) is 0. The molecular formula is C9H17ClN2O. The first-order valence-electron chi connectivity index (χ1n) is 4.71. The number of alkyl halides is 1. The van der Waals surface area contributed by atoms with Crippen LogP contribution >= 0.6 is 11.6 Å². The van der Waals surface area contributed by atoms with Gasteiger partial charge in [-0.05, 0) is 6.92 Å². The van der Waals surface area contributed by atoms with Crippen LogP contribution in [0, 0.1) is 0 Å². The van der Waals surface area contributed by atoms with E-state index < -0.39 is 0 Å². The predicted molar refractivity (Wildman–Crippen MR) is 54.0 cm³/mol. The maximum atomic E-state index is 11.0. The summed E-state index contributed by atoms with van der Waals surface area (Å²) in [5.74, 6) is 0.179. The van der Waals surface area contributed by atoms with Crippen molar-refractivity contribution in [3.63, 3.8) is 0 Å². The standard InChI is InChI=1S/C9H17ClN2O/c1-8(10)7-11-3-5-12(6-4-11)9(2)13/h8H,3-7H2,1-2H3. The van der Waals surface area contributed by atoms with Gasteiger partial charge in [0, 0.05) is 45.0 Å². The van der Waals surface area contributed by atoms with Gasteiger partial charge in [-0.2, -0.15) is 0 Å².